The summed E-state index contributed by atoms with van der Waals surface area (Å²) in [7, 11) is -3.05. The molecule has 1 saturated heterocycles. The van der Waals surface area contributed by atoms with Crippen LogP contribution in [0.25, 0.3) is 0 Å². The van der Waals surface area contributed by atoms with Gasteiger partial charge in [-0.1, -0.05) is 12.1 Å². The third-order valence-electron chi connectivity index (χ3n) is 3.24. The minimum atomic E-state index is -3.05. The van der Waals surface area contributed by atoms with Gasteiger partial charge < -0.3 is 10.5 Å². The van der Waals surface area contributed by atoms with Crippen LogP contribution in [0, 0.1) is 0 Å². The fourth-order valence-corrected chi connectivity index (χ4v) is 5.12. The van der Waals surface area contributed by atoms with Crippen molar-refractivity contribution in [3.8, 4) is 5.75 Å². The number of nitrogens with two attached hydrogens (primary N) is 1. The predicted octanol–water partition coefficient (Wildman–Crippen LogP) is 1.07. The minimum absolute atomic E-state index is 0.405. The second kappa shape index (κ2) is 6.69. The Balaban J connectivity index is 1.91. The largest absolute Gasteiger partial charge is 0.490 e. The van der Waals surface area contributed by atoms with Gasteiger partial charge in [-0.05, 0) is 12.1 Å². The molecule has 20 heavy (non-hydrogen) atoms. The molecule has 112 valence electrons. The third-order valence-corrected chi connectivity index (χ3v) is 5.93. The summed E-state index contributed by atoms with van der Waals surface area (Å²) in [4.78, 5) is 1.98. The van der Waals surface area contributed by atoms with Crippen LogP contribution in [-0.2, 0) is 9.84 Å². The lowest BCUT2D eigenvalue weighted by atomic mass is 10.3. The molecule has 1 aliphatic heterocycles. The standard InChI is InChI=1S/C13H20N2O3S2/c1-20(16,17)13-10-19-9-7-15(13)6-8-18-12-5-3-2-4-11(12)14/h2-5,13H,6-10,14H2,1H3. The molecule has 1 unspecified atom stereocenters. The number of hydrogen-bond donors (Lipinski definition) is 1. The van der Waals surface area contributed by atoms with Crippen molar-refractivity contribution < 1.29 is 13.2 Å². The van der Waals surface area contributed by atoms with Gasteiger partial charge in [0, 0.05) is 30.9 Å². The zero-order valence-corrected chi connectivity index (χ0v) is 13.1. The maximum Gasteiger partial charge on any atom is 0.164 e. The molecule has 0 radical (unpaired) electrons. The van der Waals surface area contributed by atoms with Gasteiger partial charge >= 0.3 is 0 Å². The van der Waals surface area contributed by atoms with Crippen LogP contribution in [0.5, 0.6) is 5.75 Å². The van der Waals surface area contributed by atoms with Crippen LogP contribution in [0.15, 0.2) is 24.3 Å². The van der Waals surface area contributed by atoms with E-state index in [4.69, 9.17) is 10.5 Å². The van der Waals surface area contributed by atoms with Crippen LogP contribution < -0.4 is 10.5 Å². The highest BCUT2D eigenvalue weighted by atomic mass is 32.2. The van der Waals surface area contributed by atoms with E-state index in [-0.39, 0.29) is 0 Å². The van der Waals surface area contributed by atoms with Gasteiger partial charge in [-0.15, -0.1) is 0 Å². The summed E-state index contributed by atoms with van der Waals surface area (Å²) in [6.07, 6.45) is 1.30. The van der Waals surface area contributed by atoms with E-state index in [1.165, 1.54) is 6.26 Å². The number of benzene rings is 1. The molecule has 0 aromatic heterocycles. The van der Waals surface area contributed by atoms with Crippen molar-refractivity contribution in [2.24, 2.45) is 0 Å². The molecule has 1 aromatic rings. The van der Waals surface area contributed by atoms with Crippen LogP contribution >= 0.6 is 11.8 Å². The molecule has 7 heteroatoms. The summed E-state index contributed by atoms with van der Waals surface area (Å²) in [6.45, 7) is 1.80. The van der Waals surface area contributed by atoms with E-state index >= 15 is 0 Å². The molecule has 2 N–H and O–H groups in total. The van der Waals surface area contributed by atoms with Gasteiger partial charge in [-0.3, -0.25) is 4.90 Å². The van der Waals surface area contributed by atoms with Gasteiger partial charge in [0.05, 0.1) is 5.69 Å². The molecule has 0 bridgehead atoms. The molecule has 1 fully saturated rings. The lowest BCUT2D eigenvalue weighted by molar-refractivity contribution is 0.207. The molecular formula is C13H20N2O3S2. The van der Waals surface area contributed by atoms with E-state index in [0.29, 0.717) is 30.3 Å². The van der Waals surface area contributed by atoms with Gasteiger partial charge in [0.2, 0.25) is 0 Å². The van der Waals surface area contributed by atoms with Gasteiger partial charge in [-0.25, -0.2) is 8.42 Å². The van der Waals surface area contributed by atoms with E-state index in [1.807, 2.05) is 23.1 Å². The maximum atomic E-state index is 11.8. The van der Waals surface area contributed by atoms with Crippen molar-refractivity contribution in [3.05, 3.63) is 24.3 Å². The van der Waals surface area contributed by atoms with Gasteiger partial charge in [-0.2, -0.15) is 11.8 Å². The van der Waals surface area contributed by atoms with Crippen molar-refractivity contribution >= 4 is 27.3 Å². The molecule has 5 nitrogen and oxygen atoms in total. The molecule has 0 amide bonds. The molecular weight excluding hydrogens is 296 g/mol. The maximum absolute atomic E-state index is 11.8. The van der Waals surface area contributed by atoms with Crippen molar-refractivity contribution in [2.75, 3.05) is 43.2 Å². The number of thioether (sulfide) groups is 1. The summed E-state index contributed by atoms with van der Waals surface area (Å²) in [6, 6.07) is 7.31. The van der Waals surface area contributed by atoms with Crippen LogP contribution in [0.4, 0.5) is 5.69 Å². The van der Waals surface area contributed by atoms with Gasteiger partial charge in [0.15, 0.2) is 9.84 Å². The molecule has 0 spiro atoms. The quantitative estimate of drug-likeness (QED) is 0.819. The molecule has 0 saturated carbocycles. The fourth-order valence-electron chi connectivity index (χ4n) is 2.15. The molecule has 1 heterocycles. The second-order valence-electron chi connectivity index (χ2n) is 4.78. The zero-order chi connectivity index (χ0) is 14.6. The normalized spacial score (nSPS) is 20.8. The van der Waals surface area contributed by atoms with E-state index in [2.05, 4.69) is 0 Å². The molecule has 0 aliphatic carbocycles. The first-order valence-corrected chi connectivity index (χ1v) is 9.57. The van der Waals surface area contributed by atoms with Crippen molar-refractivity contribution in [2.45, 2.75) is 5.37 Å². The number of sulfone groups is 1. The predicted molar refractivity (Wildman–Crippen MR) is 83.9 cm³/mol. The SMILES string of the molecule is CS(=O)(=O)C1CSCCN1CCOc1ccccc1N. The van der Waals surface area contributed by atoms with Gasteiger partial charge in [0.1, 0.15) is 17.7 Å². The van der Waals surface area contributed by atoms with Crippen molar-refractivity contribution in [1.29, 1.82) is 0 Å². The highest BCUT2D eigenvalue weighted by molar-refractivity contribution is 8.00. The topological polar surface area (TPSA) is 72.6 Å². The van der Waals surface area contributed by atoms with Crippen molar-refractivity contribution in [1.82, 2.24) is 4.90 Å². The lowest BCUT2D eigenvalue weighted by Gasteiger charge is -2.33. The monoisotopic (exact) mass is 316 g/mol. The number of anilines is 1. The molecule has 1 aliphatic rings. The number of hydrogen-bond acceptors (Lipinski definition) is 6. The number of nitrogens with zero attached hydrogens (tertiary/aromatic N) is 1. The Kier molecular flexibility index (Phi) is 5.17. The Morgan fingerprint density at radius 1 is 1.45 bits per heavy atom. The first-order valence-electron chi connectivity index (χ1n) is 6.46. The van der Waals surface area contributed by atoms with Crippen LogP contribution in [0.1, 0.15) is 0 Å². The minimum Gasteiger partial charge on any atom is -0.490 e. The van der Waals surface area contributed by atoms with Crippen molar-refractivity contribution in [3.63, 3.8) is 0 Å². The highest BCUT2D eigenvalue weighted by Gasteiger charge is 2.30. The van der Waals surface area contributed by atoms with Gasteiger partial charge in [0.25, 0.3) is 0 Å². The Hall–Kier alpha value is -0.920. The first-order chi connectivity index (χ1) is 9.48. The second-order valence-corrected chi connectivity index (χ2v) is 8.13. The molecule has 2 rings (SSSR count). The van der Waals surface area contributed by atoms with Crippen LogP contribution in [0.2, 0.25) is 0 Å². The van der Waals surface area contributed by atoms with E-state index in [1.54, 1.807) is 17.8 Å². The Morgan fingerprint density at radius 3 is 2.90 bits per heavy atom. The first kappa shape index (κ1) is 15.5. The third kappa shape index (κ3) is 4.04. The summed E-state index contributed by atoms with van der Waals surface area (Å²) in [5.74, 6) is 2.24. The molecule has 1 aromatic carbocycles. The molecule has 1 atom stereocenters. The Bertz CT molecular complexity index is 548. The van der Waals surface area contributed by atoms with E-state index < -0.39 is 15.2 Å². The smallest absolute Gasteiger partial charge is 0.164 e. The fraction of sp³-hybridized carbons (Fsp3) is 0.538. The lowest BCUT2D eigenvalue weighted by Crippen LogP contribution is -2.48. The van der Waals surface area contributed by atoms with E-state index in [9.17, 15) is 8.42 Å². The zero-order valence-electron chi connectivity index (χ0n) is 11.5. The summed E-state index contributed by atoms with van der Waals surface area (Å²) in [5.41, 5.74) is 6.40. The Morgan fingerprint density at radius 2 is 2.20 bits per heavy atom. The average molecular weight is 316 g/mol. The number of para-hydroxylation sites is 2. The number of ether oxygens (including phenoxy) is 1. The highest BCUT2D eigenvalue weighted by Crippen LogP contribution is 2.22. The number of nitrogen functional groups attached to an aromatic ring is 1. The average Bonchev–Trinajstić information content (AvgIpc) is 2.40. The van der Waals surface area contributed by atoms with Crippen LogP contribution in [-0.4, -0.2) is 56.1 Å². The van der Waals surface area contributed by atoms with E-state index in [0.717, 1.165) is 12.3 Å². The number of rotatable bonds is 5. The Labute approximate surface area is 124 Å². The summed E-state index contributed by atoms with van der Waals surface area (Å²) < 4.78 is 29.2. The summed E-state index contributed by atoms with van der Waals surface area (Å²) >= 11 is 1.68. The van der Waals surface area contributed by atoms with Crippen LogP contribution in [0.3, 0.4) is 0 Å². The summed E-state index contributed by atoms with van der Waals surface area (Å²) in [5, 5.41) is -0.405.